The minimum absolute atomic E-state index is 0.0624. The summed E-state index contributed by atoms with van der Waals surface area (Å²) < 4.78 is 62.5. The Balaban J connectivity index is 0.000000136. The van der Waals surface area contributed by atoms with Gasteiger partial charge in [-0.3, -0.25) is 42.5 Å². The molecule has 3 fully saturated rings. The van der Waals surface area contributed by atoms with E-state index in [2.05, 4.69) is 99.6 Å². The van der Waals surface area contributed by atoms with Crippen LogP contribution in [-0.4, -0.2) is 195 Å². The molecular formula is C108H112Cl3F3N22O7. The number of imidazole rings is 3. The van der Waals surface area contributed by atoms with Crippen molar-refractivity contribution < 1.29 is 32.3 Å². The molecule has 143 heavy (non-hydrogen) atoms. The van der Waals surface area contributed by atoms with Crippen LogP contribution in [0.4, 0.5) is 35.9 Å². The third kappa shape index (κ3) is 15.9. The van der Waals surface area contributed by atoms with Crippen molar-refractivity contribution in [3.63, 3.8) is 0 Å². The van der Waals surface area contributed by atoms with Gasteiger partial charge in [0.15, 0.2) is 5.82 Å². The number of aromatic nitrogens is 15. The second kappa shape index (κ2) is 37.6. The maximum atomic E-state index is 17.8. The number of pyridine rings is 3. The minimum atomic E-state index is -0.615. The number of nitrogens with zero attached hydrogens (tertiary/aromatic N) is 18. The van der Waals surface area contributed by atoms with Gasteiger partial charge in [0.2, 0.25) is 23.5 Å². The predicted molar refractivity (Wildman–Crippen MR) is 560 cm³/mol. The number of hydrogen-bond acceptors (Lipinski definition) is 20. The summed E-state index contributed by atoms with van der Waals surface area (Å²) in [6, 6.07) is 14.9. The predicted octanol–water partition coefficient (Wildman–Crippen LogP) is 20.2. The molecule has 6 aliphatic heterocycles. The molecular weight excluding hydrogens is 1880 g/mol. The number of ether oxygens (including phenoxy) is 1. The molecule has 9 aromatic heterocycles. The van der Waals surface area contributed by atoms with Gasteiger partial charge in [0, 0.05) is 125 Å². The third-order valence-electron chi connectivity index (χ3n) is 28.9. The van der Waals surface area contributed by atoms with E-state index in [1.807, 2.05) is 161 Å². The van der Waals surface area contributed by atoms with E-state index in [4.69, 9.17) is 39.5 Å². The van der Waals surface area contributed by atoms with Gasteiger partial charge < -0.3 is 54.4 Å². The zero-order chi connectivity index (χ0) is 102. The van der Waals surface area contributed by atoms with E-state index in [0.29, 0.717) is 192 Å². The number of H-pyrrole nitrogens is 3. The zero-order valence-corrected chi connectivity index (χ0v) is 85.2. The molecule has 6 unspecified atom stereocenters. The fourth-order valence-electron chi connectivity index (χ4n) is 22.2. The number of fused-ring (bicyclic) bond motifs is 18. The molecule has 3 amide bonds. The zero-order valence-electron chi connectivity index (χ0n) is 83.0. The van der Waals surface area contributed by atoms with E-state index in [0.717, 1.165) is 33.2 Å². The molecule has 0 aliphatic carbocycles. The normalized spacial score (nSPS) is 17.6. The number of aromatic amines is 3. The minimum Gasteiger partial charge on any atom is -0.484 e. The molecule has 6 atom stereocenters. The van der Waals surface area contributed by atoms with Crippen LogP contribution in [0.1, 0.15) is 196 Å². The lowest BCUT2D eigenvalue weighted by Gasteiger charge is -2.49. The number of rotatable bonds is 15. The van der Waals surface area contributed by atoms with Crippen molar-refractivity contribution in [3.8, 4) is 56.2 Å². The van der Waals surface area contributed by atoms with Crippen molar-refractivity contribution in [2.45, 2.75) is 203 Å². The smallest absolute Gasteiger partial charge is 0.300 e. The van der Waals surface area contributed by atoms with E-state index in [1.165, 1.54) is 58.5 Å². The van der Waals surface area contributed by atoms with Crippen LogP contribution in [0.3, 0.4) is 0 Å². The summed E-state index contributed by atoms with van der Waals surface area (Å²) in [6.07, 6.45) is 13.6. The van der Waals surface area contributed by atoms with Crippen molar-refractivity contribution in [3.05, 3.63) is 251 Å². The molecule has 4 N–H and O–H groups in total. The lowest BCUT2D eigenvalue weighted by Crippen LogP contribution is -2.62. The Morgan fingerprint density at radius 2 is 0.769 bits per heavy atom. The average Bonchev–Trinajstić information content (AvgIpc) is 1.64. The summed E-state index contributed by atoms with van der Waals surface area (Å²) in [4.78, 5) is 146. The highest BCUT2D eigenvalue weighted by molar-refractivity contribution is 6.40. The van der Waals surface area contributed by atoms with Crippen LogP contribution in [0.2, 0.25) is 15.1 Å². The standard InChI is InChI=1S/C36H38ClFN8O2.C36H37ClFN7O3.C36H37ClFN7O2/c1-8-25(47)44-14-21-12-39-32-34(45(21)13-20(44)7)22-11-23(38)27(26-19(6)9-10-24-31(26)43-15-40-24)28(37)33(22)46(36(32)48)35-29(17(2)3)41-16-42-30(35)18(4)5;1-8-25(46)43-13-21-14-48-35-33(44(21)12-20(43)7)22-11-23(38)27(26-19(6)9-10-24-31(26)42-15-39-24)28(37)32(22)45(36(35)47)34-29(17(2)3)40-16-41-30(34)18(4)5;1-8-26(46)43-14-21-11-23-33(44(21)13-20(43)7)22-12-24(37)28(27-19(6)9-10-25-32(27)42-15-39-25)29(38)34(22)45(36(23)47)35-30(17(2)3)40-16-41-31(35)18(4)5/h8-11,15-18,20-21,39H,1,12-14H2,2-7H3,(H,40,43);8-11,15-18,20-21H,1,12-14H2,2-7H3,(H,39,42);8-10,12,15-18,20-21H,1,11,13-14H2,2-7H3,(H,39,42). The summed E-state index contributed by atoms with van der Waals surface area (Å²) >= 11 is 22.0. The third-order valence-corrected chi connectivity index (χ3v) is 29.9. The summed E-state index contributed by atoms with van der Waals surface area (Å²) in [5.74, 6) is -2.56. The number of nitrogens with one attached hydrogen (secondary N) is 4. The van der Waals surface area contributed by atoms with Crippen LogP contribution in [0.25, 0.3) is 116 Å². The fourth-order valence-corrected chi connectivity index (χ4v) is 23.2. The molecule has 35 heteroatoms. The highest BCUT2D eigenvalue weighted by Gasteiger charge is 2.47. The Labute approximate surface area is 838 Å². The Kier molecular flexibility index (Phi) is 25.7. The largest absolute Gasteiger partial charge is 0.484 e. The van der Waals surface area contributed by atoms with Gasteiger partial charge in [-0.05, 0) is 148 Å². The average molecular weight is 1990 g/mol. The van der Waals surface area contributed by atoms with E-state index < -0.39 is 23.0 Å². The van der Waals surface area contributed by atoms with Crippen LogP contribution in [0, 0.1) is 38.2 Å². The Morgan fingerprint density at radius 3 is 1.17 bits per heavy atom. The Bertz CT molecular complexity index is 7690. The second-order valence-electron chi connectivity index (χ2n) is 40.0. The van der Waals surface area contributed by atoms with E-state index in [9.17, 15) is 19.2 Å². The molecule has 0 bridgehead atoms. The van der Waals surface area contributed by atoms with Crippen molar-refractivity contribution in [1.29, 1.82) is 0 Å². The van der Waals surface area contributed by atoms with Gasteiger partial charge in [0.1, 0.15) is 42.9 Å². The summed E-state index contributed by atoms with van der Waals surface area (Å²) in [5, 5.41) is 5.17. The molecule has 21 rings (SSSR count). The maximum absolute atomic E-state index is 17.8. The lowest BCUT2D eigenvalue weighted by molar-refractivity contribution is -0.129. The number of carbonyl (C=O) groups is 3. The Morgan fingerprint density at radius 1 is 0.420 bits per heavy atom. The van der Waals surface area contributed by atoms with Crippen LogP contribution >= 0.6 is 34.8 Å². The highest BCUT2D eigenvalue weighted by atomic mass is 35.5. The van der Waals surface area contributed by atoms with Crippen molar-refractivity contribution >= 4 is 141 Å². The van der Waals surface area contributed by atoms with Gasteiger partial charge in [-0.1, -0.05) is 156 Å². The second-order valence-corrected chi connectivity index (χ2v) is 41.2. The topological polar surface area (TPSA) is 321 Å². The van der Waals surface area contributed by atoms with E-state index >= 15 is 22.8 Å². The van der Waals surface area contributed by atoms with Crippen molar-refractivity contribution in [2.75, 3.05) is 72.4 Å². The van der Waals surface area contributed by atoms with Crippen LogP contribution in [-0.2, 0) is 20.8 Å². The fraction of sp³-hybridized carbons (Fsp3) is 0.361. The van der Waals surface area contributed by atoms with Gasteiger partial charge in [-0.15, -0.1) is 0 Å². The lowest BCUT2D eigenvalue weighted by atomic mass is 9.94. The van der Waals surface area contributed by atoms with Crippen molar-refractivity contribution in [2.24, 2.45) is 0 Å². The quantitative estimate of drug-likeness (QED) is 0.0693. The van der Waals surface area contributed by atoms with Crippen LogP contribution < -0.4 is 41.4 Å². The Hall–Kier alpha value is -14.1. The number of anilines is 4. The number of hydrogen-bond donors (Lipinski definition) is 4. The number of carbonyl (C=O) groups excluding carboxylic acids is 3. The molecule has 6 aliphatic rings. The number of halogens is 6. The SMILES string of the molecule is C=CC(=O)N1CC2CNc3c(c4cc(F)c(-c5c(C)ccc6[nH]cnc56)c(Cl)c4n(-c4c(C(C)C)ncnc4C(C)C)c3=O)N2CC1C.C=CC(=O)N1CC2COc3c(c4cc(F)c(-c5c(C)ccc6[nH]cnc56)c(Cl)c4n(-c4c(C(C)C)ncnc4C(C)C)c3=O)N2CC1C.C=CC(=O)N1CC2Cc3c(c4cc(Cl)c(-c5c(C)ccc6[nH]cnc56)c(F)c4n(-c4c(C(C)C)ncnc4C(C)C)c3=O)N2CC1C. The number of aryl methyl sites for hydroxylation is 3. The molecule has 0 saturated carbocycles. The summed E-state index contributed by atoms with van der Waals surface area (Å²) in [5.41, 5.74) is 16.3. The summed E-state index contributed by atoms with van der Waals surface area (Å²) in [6.45, 7) is 49.7. The van der Waals surface area contributed by atoms with Gasteiger partial charge >= 0.3 is 0 Å². The van der Waals surface area contributed by atoms with E-state index in [1.54, 1.807) is 44.3 Å². The molecule has 29 nitrogen and oxygen atoms in total. The number of amides is 3. The van der Waals surface area contributed by atoms with Gasteiger partial charge in [0.05, 0.1) is 170 Å². The molecule has 15 heterocycles. The monoisotopic (exact) mass is 1990 g/mol. The first-order chi connectivity index (χ1) is 68.3. The highest BCUT2D eigenvalue weighted by Crippen LogP contribution is 2.53. The molecule has 738 valence electrons. The van der Waals surface area contributed by atoms with Crippen molar-refractivity contribution in [1.82, 2.24) is 88.2 Å². The van der Waals surface area contributed by atoms with Gasteiger partial charge in [-0.2, -0.15) is 0 Å². The van der Waals surface area contributed by atoms with Crippen LogP contribution in [0.15, 0.2) is 145 Å². The summed E-state index contributed by atoms with van der Waals surface area (Å²) in [7, 11) is 0. The van der Waals surface area contributed by atoms with E-state index in [-0.39, 0.29) is 150 Å². The first-order valence-electron chi connectivity index (χ1n) is 48.4. The first-order valence-corrected chi connectivity index (χ1v) is 49.6. The van der Waals surface area contributed by atoms with Gasteiger partial charge in [0.25, 0.3) is 16.7 Å². The molecule has 3 saturated heterocycles. The number of piperazine rings is 3. The van der Waals surface area contributed by atoms with Gasteiger partial charge in [-0.25, -0.2) is 58.0 Å². The maximum Gasteiger partial charge on any atom is 0.300 e. The molecule has 6 aromatic carbocycles. The first kappa shape index (κ1) is 97.7. The molecule has 0 radical (unpaired) electrons. The molecule has 15 aromatic rings. The van der Waals surface area contributed by atoms with Crippen LogP contribution in [0.5, 0.6) is 5.75 Å². The molecule has 0 spiro atoms. The number of benzene rings is 6.